The minimum absolute atomic E-state index is 0.267. The molecule has 0 aliphatic carbocycles. The van der Waals surface area contributed by atoms with Crippen molar-refractivity contribution in [2.75, 3.05) is 40.3 Å². The summed E-state index contributed by atoms with van der Waals surface area (Å²) < 4.78 is 0. The van der Waals surface area contributed by atoms with E-state index in [1.54, 1.807) is 0 Å². The van der Waals surface area contributed by atoms with Crippen molar-refractivity contribution >= 4 is 11.6 Å². The topological polar surface area (TPSA) is 18.5 Å². The minimum atomic E-state index is 0.267. The lowest BCUT2D eigenvalue weighted by molar-refractivity contribution is 0.0383. The first-order valence-electron chi connectivity index (χ1n) is 7.79. The van der Waals surface area contributed by atoms with Gasteiger partial charge in [-0.25, -0.2) is 0 Å². The fourth-order valence-corrected chi connectivity index (χ4v) is 3.24. The maximum atomic E-state index is 6.10. The Bertz CT molecular complexity index is 461. The van der Waals surface area contributed by atoms with Crippen LogP contribution in [0.25, 0.3) is 0 Å². The first-order chi connectivity index (χ1) is 9.92. The van der Waals surface area contributed by atoms with E-state index in [0.717, 1.165) is 37.6 Å². The molecule has 1 saturated heterocycles. The van der Waals surface area contributed by atoms with Crippen molar-refractivity contribution < 1.29 is 0 Å². The fourth-order valence-electron chi connectivity index (χ4n) is 3.04. The molecule has 1 aliphatic rings. The maximum Gasteiger partial charge on any atom is 0.0409 e. The summed E-state index contributed by atoms with van der Waals surface area (Å²) in [5.74, 6) is 0. The van der Waals surface area contributed by atoms with Crippen molar-refractivity contribution in [3.63, 3.8) is 0 Å². The molecule has 0 amide bonds. The van der Waals surface area contributed by atoms with Crippen molar-refractivity contribution in [1.82, 2.24) is 15.1 Å². The number of rotatable bonds is 5. The maximum absolute atomic E-state index is 6.10. The van der Waals surface area contributed by atoms with Crippen LogP contribution in [0.2, 0.25) is 5.02 Å². The lowest BCUT2D eigenvalue weighted by Gasteiger charge is -2.45. The van der Waals surface area contributed by atoms with Crippen LogP contribution >= 0.6 is 11.6 Å². The van der Waals surface area contributed by atoms with Crippen molar-refractivity contribution in [2.24, 2.45) is 0 Å². The molecule has 0 saturated carbocycles. The van der Waals surface area contributed by atoms with Crippen LogP contribution in [-0.4, -0.2) is 55.6 Å². The van der Waals surface area contributed by atoms with Gasteiger partial charge in [0.05, 0.1) is 0 Å². The first kappa shape index (κ1) is 16.8. The van der Waals surface area contributed by atoms with Crippen LogP contribution < -0.4 is 5.32 Å². The Labute approximate surface area is 134 Å². The second kappa shape index (κ2) is 7.10. The zero-order chi connectivity index (χ0) is 15.5. The van der Waals surface area contributed by atoms with Crippen LogP contribution in [0.4, 0.5) is 0 Å². The zero-order valence-electron chi connectivity index (χ0n) is 13.7. The SMILES string of the molecule is CNC(CCN1CCN(C)C(C)(C)C1)c1cccc(Cl)c1. The molecule has 1 aromatic carbocycles. The lowest BCUT2D eigenvalue weighted by Crippen LogP contribution is -2.57. The van der Waals surface area contributed by atoms with Crippen LogP contribution in [0.3, 0.4) is 0 Å². The third kappa shape index (κ3) is 4.43. The molecule has 1 fully saturated rings. The van der Waals surface area contributed by atoms with E-state index in [-0.39, 0.29) is 5.54 Å². The van der Waals surface area contributed by atoms with Gasteiger partial charge in [-0.15, -0.1) is 0 Å². The summed E-state index contributed by atoms with van der Waals surface area (Å²) in [6, 6.07) is 8.55. The number of benzene rings is 1. The average Bonchev–Trinajstić information content (AvgIpc) is 2.43. The van der Waals surface area contributed by atoms with Crippen LogP contribution in [0.5, 0.6) is 0 Å². The summed E-state index contributed by atoms with van der Waals surface area (Å²) in [6.07, 6.45) is 1.11. The van der Waals surface area contributed by atoms with Crippen LogP contribution in [0.1, 0.15) is 31.9 Å². The van der Waals surface area contributed by atoms with Crippen molar-refractivity contribution in [2.45, 2.75) is 31.8 Å². The molecule has 0 bridgehead atoms. The van der Waals surface area contributed by atoms with Gasteiger partial charge in [0.15, 0.2) is 0 Å². The molecular formula is C17H28ClN3. The Morgan fingerprint density at radius 1 is 1.33 bits per heavy atom. The van der Waals surface area contributed by atoms with Gasteiger partial charge < -0.3 is 10.2 Å². The van der Waals surface area contributed by atoms with Gasteiger partial charge in [-0.2, -0.15) is 0 Å². The van der Waals surface area contributed by atoms with E-state index < -0.39 is 0 Å². The van der Waals surface area contributed by atoms with Gasteiger partial charge in [0.25, 0.3) is 0 Å². The third-order valence-corrected chi connectivity index (χ3v) is 4.96. The second-order valence-electron chi connectivity index (χ2n) is 6.70. The van der Waals surface area contributed by atoms with Gasteiger partial charge >= 0.3 is 0 Å². The van der Waals surface area contributed by atoms with Gasteiger partial charge in [0.2, 0.25) is 0 Å². The summed E-state index contributed by atoms with van der Waals surface area (Å²) in [5.41, 5.74) is 1.54. The predicted molar refractivity (Wildman–Crippen MR) is 91.0 cm³/mol. The highest BCUT2D eigenvalue weighted by Crippen LogP contribution is 2.23. The number of nitrogens with zero attached hydrogens (tertiary/aromatic N) is 2. The predicted octanol–water partition coefficient (Wildman–Crippen LogP) is 3.02. The molecule has 1 atom stereocenters. The van der Waals surface area contributed by atoms with E-state index in [1.807, 2.05) is 19.2 Å². The molecule has 0 spiro atoms. The highest BCUT2D eigenvalue weighted by atomic mass is 35.5. The molecule has 1 N–H and O–H groups in total. The lowest BCUT2D eigenvalue weighted by atomic mass is 9.98. The summed E-state index contributed by atoms with van der Waals surface area (Å²) >= 11 is 6.10. The molecule has 4 heteroatoms. The summed E-state index contributed by atoms with van der Waals surface area (Å²) in [5, 5.41) is 4.23. The number of nitrogens with one attached hydrogen (secondary N) is 1. The number of halogens is 1. The third-order valence-electron chi connectivity index (χ3n) is 4.73. The molecule has 118 valence electrons. The van der Waals surface area contributed by atoms with E-state index in [4.69, 9.17) is 11.6 Å². The Balaban J connectivity index is 1.92. The van der Waals surface area contributed by atoms with Crippen LogP contribution in [-0.2, 0) is 0 Å². The van der Waals surface area contributed by atoms with Crippen molar-refractivity contribution in [3.05, 3.63) is 34.9 Å². The molecular weight excluding hydrogens is 282 g/mol. The van der Waals surface area contributed by atoms with Gasteiger partial charge in [-0.1, -0.05) is 23.7 Å². The number of hydrogen-bond donors (Lipinski definition) is 1. The molecule has 0 radical (unpaired) electrons. The summed E-state index contributed by atoms with van der Waals surface area (Å²) in [6.45, 7) is 9.21. The smallest absolute Gasteiger partial charge is 0.0409 e. The van der Waals surface area contributed by atoms with Crippen LogP contribution in [0, 0.1) is 0 Å². The van der Waals surface area contributed by atoms with E-state index in [9.17, 15) is 0 Å². The standard InChI is InChI=1S/C17H28ClN3/c1-17(2)13-21(11-10-20(17)4)9-8-16(19-3)14-6-5-7-15(18)12-14/h5-7,12,16,19H,8-11,13H2,1-4H3. The van der Waals surface area contributed by atoms with Crippen molar-refractivity contribution in [3.8, 4) is 0 Å². The quantitative estimate of drug-likeness (QED) is 0.902. The average molecular weight is 310 g/mol. The molecule has 1 aliphatic heterocycles. The summed E-state index contributed by atoms with van der Waals surface area (Å²) in [4.78, 5) is 5.03. The van der Waals surface area contributed by atoms with E-state index in [1.165, 1.54) is 5.56 Å². The van der Waals surface area contributed by atoms with Crippen LogP contribution in [0.15, 0.2) is 24.3 Å². The highest BCUT2D eigenvalue weighted by molar-refractivity contribution is 6.30. The van der Waals surface area contributed by atoms with Gasteiger partial charge in [0.1, 0.15) is 0 Å². The minimum Gasteiger partial charge on any atom is -0.313 e. The second-order valence-corrected chi connectivity index (χ2v) is 7.13. The Kier molecular flexibility index (Phi) is 5.67. The molecule has 1 heterocycles. The molecule has 1 unspecified atom stereocenters. The zero-order valence-corrected chi connectivity index (χ0v) is 14.5. The molecule has 2 rings (SSSR count). The van der Waals surface area contributed by atoms with Gasteiger partial charge in [-0.3, -0.25) is 4.90 Å². The Morgan fingerprint density at radius 2 is 2.10 bits per heavy atom. The number of piperazine rings is 1. The van der Waals surface area contributed by atoms with E-state index in [0.29, 0.717) is 6.04 Å². The number of hydrogen-bond acceptors (Lipinski definition) is 3. The first-order valence-corrected chi connectivity index (χ1v) is 8.16. The van der Waals surface area contributed by atoms with E-state index >= 15 is 0 Å². The van der Waals surface area contributed by atoms with Gasteiger partial charge in [0, 0.05) is 42.8 Å². The largest absolute Gasteiger partial charge is 0.313 e. The monoisotopic (exact) mass is 309 g/mol. The molecule has 1 aromatic rings. The molecule has 21 heavy (non-hydrogen) atoms. The Hall–Kier alpha value is -0.610. The Morgan fingerprint density at radius 3 is 2.71 bits per heavy atom. The summed E-state index contributed by atoms with van der Waals surface area (Å²) in [7, 11) is 4.25. The normalized spacial score (nSPS) is 21.4. The van der Waals surface area contributed by atoms with Gasteiger partial charge in [-0.05, 0) is 52.1 Å². The highest BCUT2D eigenvalue weighted by Gasteiger charge is 2.30. The molecule has 0 aromatic heterocycles. The number of likely N-dealkylation sites (N-methyl/N-ethyl adjacent to an activating group) is 1. The van der Waals surface area contributed by atoms with Crippen molar-refractivity contribution in [1.29, 1.82) is 0 Å². The fraction of sp³-hybridized carbons (Fsp3) is 0.647. The molecule has 3 nitrogen and oxygen atoms in total. The van der Waals surface area contributed by atoms with E-state index in [2.05, 4.69) is 48.1 Å².